The Balaban J connectivity index is 2.25. The first-order valence-corrected chi connectivity index (χ1v) is 5.63. The number of hydrogen-bond donors (Lipinski definition) is 1. The second kappa shape index (κ2) is 7.01. The Morgan fingerprint density at radius 1 is 1.38 bits per heavy atom. The lowest BCUT2D eigenvalue weighted by molar-refractivity contribution is -0.109. The van der Waals surface area contributed by atoms with Crippen molar-refractivity contribution in [1.29, 1.82) is 0 Å². The topological polar surface area (TPSA) is 32.3 Å². The van der Waals surface area contributed by atoms with E-state index in [9.17, 15) is 4.79 Å². The summed E-state index contributed by atoms with van der Waals surface area (Å²) in [5, 5.41) is 2.66. The van der Waals surface area contributed by atoms with Crippen LogP contribution in [0.4, 0.5) is 0 Å². The van der Waals surface area contributed by atoms with Crippen LogP contribution in [0.5, 0.6) is 0 Å². The number of carbonyl (C=O) groups is 1. The molecule has 0 aliphatic rings. The van der Waals surface area contributed by atoms with Crippen molar-refractivity contribution in [2.45, 2.75) is 13.3 Å². The molecule has 1 rings (SSSR count). The van der Waals surface area contributed by atoms with Crippen LogP contribution in [0.3, 0.4) is 0 Å². The summed E-state index contributed by atoms with van der Waals surface area (Å²) >= 11 is 0. The molecule has 1 aromatic carbocycles. The summed E-state index contributed by atoms with van der Waals surface area (Å²) in [6, 6.07) is 8.59. The number of nitrogens with one attached hydrogen (secondary N) is 1. The Labute approximate surface area is 97.5 Å². The van der Waals surface area contributed by atoms with Gasteiger partial charge in [0.15, 0.2) is 0 Å². The Hall–Kier alpha value is -1.35. The van der Waals surface area contributed by atoms with Gasteiger partial charge in [-0.3, -0.25) is 4.79 Å². The highest BCUT2D eigenvalue weighted by Crippen LogP contribution is 2.04. The SMILES string of the molecule is Cc1cccc(CCN(C)CCNC=O)c1. The van der Waals surface area contributed by atoms with E-state index < -0.39 is 0 Å². The largest absolute Gasteiger partial charge is 0.357 e. The van der Waals surface area contributed by atoms with Crippen LogP contribution in [-0.2, 0) is 11.2 Å². The zero-order valence-corrected chi connectivity index (χ0v) is 10.1. The van der Waals surface area contributed by atoms with Crippen molar-refractivity contribution in [3.05, 3.63) is 35.4 Å². The summed E-state index contributed by atoms with van der Waals surface area (Å²) in [5.41, 5.74) is 2.68. The molecule has 0 heterocycles. The van der Waals surface area contributed by atoms with Crippen LogP contribution < -0.4 is 5.32 Å². The number of nitrogens with zero attached hydrogens (tertiary/aromatic N) is 1. The Bertz CT molecular complexity index is 325. The van der Waals surface area contributed by atoms with E-state index in [1.165, 1.54) is 11.1 Å². The highest BCUT2D eigenvalue weighted by atomic mass is 16.1. The summed E-state index contributed by atoms with van der Waals surface area (Å²) in [5.74, 6) is 0. The molecule has 0 fully saturated rings. The van der Waals surface area contributed by atoms with E-state index >= 15 is 0 Å². The molecule has 0 saturated heterocycles. The standard InChI is InChI=1S/C13H20N2O/c1-12-4-3-5-13(10-12)6-8-15(2)9-7-14-11-16/h3-5,10-11H,6-9H2,1-2H3,(H,14,16). The van der Waals surface area contributed by atoms with Crippen molar-refractivity contribution in [1.82, 2.24) is 10.2 Å². The molecule has 3 heteroatoms. The minimum atomic E-state index is 0.716. The second-order valence-corrected chi connectivity index (χ2v) is 4.11. The van der Waals surface area contributed by atoms with Gasteiger partial charge < -0.3 is 10.2 Å². The fraction of sp³-hybridized carbons (Fsp3) is 0.462. The van der Waals surface area contributed by atoms with Gasteiger partial charge in [-0.15, -0.1) is 0 Å². The monoisotopic (exact) mass is 220 g/mol. The molecule has 0 saturated carbocycles. The van der Waals surface area contributed by atoms with E-state index in [1.807, 2.05) is 0 Å². The lowest BCUT2D eigenvalue weighted by atomic mass is 10.1. The van der Waals surface area contributed by atoms with Crippen molar-refractivity contribution < 1.29 is 4.79 Å². The van der Waals surface area contributed by atoms with Crippen LogP contribution in [0, 0.1) is 6.92 Å². The molecular formula is C13H20N2O. The Morgan fingerprint density at radius 2 is 2.19 bits per heavy atom. The molecule has 0 aliphatic carbocycles. The van der Waals surface area contributed by atoms with Gasteiger partial charge in [-0.05, 0) is 26.0 Å². The molecule has 0 radical (unpaired) electrons. The van der Waals surface area contributed by atoms with Crippen molar-refractivity contribution in [2.75, 3.05) is 26.7 Å². The second-order valence-electron chi connectivity index (χ2n) is 4.11. The van der Waals surface area contributed by atoms with Crippen LogP contribution in [0.2, 0.25) is 0 Å². The van der Waals surface area contributed by atoms with Gasteiger partial charge in [0.1, 0.15) is 0 Å². The van der Waals surface area contributed by atoms with E-state index in [2.05, 4.69) is 48.5 Å². The van der Waals surface area contributed by atoms with Gasteiger partial charge in [-0.1, -0.05) is 29.8 Å². The van der Waals surface area contributed by atoms with Crippen molar-refractivity contribution >= 4 is 6.41 Å². The van der Waals surface area contributed by atoms with Gasteiger partial charge >= 0.3 is 0 Å². The first-order valence-electron chi connectivity index (χ1n) is 5.63. The summed E-state index contributed by atoms with van der Waals surface area (Å²) in [4.78, 5) is 12.3. The molecule has 0 aromatic heterocycles. The third kappa shape index (κ3) is 4.94. The summed E-state index contributed by atoms with van der Waals surface area (Å²) in [6.07, 6.45) is 1.80. The first-order chi connectivity index (χ1) is 7.72. The first kappa shape index (κ1) is 12.7. The number of hydrogen-bond acceptors (Lipinski definition) is 2. The number of aryl methyl sites for hydroxylation is 1. The minimum Gasteiger partial charge on any atom is -0.357 e. The van der Waals surface area contributed by atoms with Crippen LogP contribution >= 0.6 is 0 Å². The van der Waals surface area contributed by atoms with Crippen molar-refractivity contribution in [3.63, 3.8) is 0 Å². The van der Waals surface area contributed by atoms with Gasteiger partial charge in [0, 0.05) is 19.6 Å². The summed E-state index contributed by atoms with van der Waals surface area (Å²) in [6.45, 7) is 4.74. The Kier molecular flexibility index (Phi) is 5.57. The van der Waals surface area contributed by atoms with Gasteiger partial charge in [-0.25, -0.2) is 0 Å². The minimum absolute atomic E-state index is 0.716. The molecule has 3 nitrogen and oxygen atoms in total. The number of likely N-dealkylation sites (N-methyl/N-ethyl adjacent to an activating group) is 1. The molecule has 0 aliphatic heterocycles. The predicted octanol–water partition coefficient (Wildman–Crippen LogP) is 1.22. The van der Waals surface area contributed by atoms with E-state index in [-0.39, 0.29) is 0 Å². The predicted molar refractivity (Wildman–Crippen MR) is 66.4 cm³/mol. The van der Waals surface area contributed by atoms with Crippen molar-refractivity contribution in [2.24, 2.45) is 0 Å². The van der Waals surface area contributed by atoms with Crippen LogP contribution in [-0.4, -0.2) is 38.0 Å². The molecule has 0 spiro atoms. The molecule has 1 N–H and O–H groups in total. The molecule has 0 atom stereocenters. The number of amides is 1. The van der Waals surface area contributed by atoms with E-state index in [0.717, 1.165) is 25.9 Å². The smallest absolute Gasteiger partial charge is 0.207 e. The average Bonchev–Trinajstić information content (AvgIpc) is 2.27. The fourth-order valence-electron chi connectivity index (χ4n) is 1.61. The van der Waals surface area contributed by atoms with Crippen LogP contribution in [0.1, 0.15) is 11.1 Å². The third-order valence-corrected chi connectivity index (χ3v) is 2.59. The quantitative estimate of drug-likeness (QED) is 0.553. The average molecular weight is 220 g/mol. The number of carbonyl (C=O) groups excluding carboxylic acids is 1. The Morgan fingerprint density at radius 3 is 2.88 bits per heavy atom. The molecule has 16 heavy (non-hydrogen) atoms. The molecular weight excluding hydrogens is 200 g/mol. The molecule has 0 unspecified atom stereocenters. The van der Waals surface area contributed by atoms with Gasteiger partial charge in [0.05, 0.1) is 0 Å². The molecule has 1 amide bonds. The van der Waals surface area contributed by atoms with Gasteiger partial charge in [0.25, 0.3) is 0 Å². The lowest BCUT2D eigenvalue weighted by Crippen LogP contribution is -2.30. The highest BCUT2D eigenvalue weighted by Gasteiger charge is 1.99. The highest BCUT2D eigenvalue weighted by molar-refractivity contribution is 5.45. The van der Waals surface area contributed by atoms with Gasteiger partial charge in [-0.2, -0.15) is 0 Å². The molecule has 1 aromatic rings. The van der Waals surface area contributed by atoms with E-state index in [4.69, 9.17) is 0 Å². The maximum absolute atomic E-state index is 10.1. The zero-order valence-electron chi connectivity index (χ0n) is 10.1. The molecule has 0 bridgehead atoms. The van der Waals surface area contributed by atoms with Crippen molar-refractivity contribution in [3.8, 4) is 0 Å². The fourth-order valence-corrected chi connectivity index (χ4v) is 1.61. The van der Waals surface area contributed by atoms with E-state index in [1.54, 1.807) is 0 Å². The summed E-state index contributed by atoms with van der Waals surface area (Å²) in [7, 11) is 2.07. The normalized spacial score (nSPS) is 10.4. The third-order valence-electron chi connectivity index (χ3n) is 2.59. The maximum atomic E-state index is 10.1. The summed E-state index contributed by atoms with van der Waals surface area (Å²) < 4.78 is 0. The zero-order chi connectivity index (χ0) is 11.8. The number of rotatable bonds is 7. The lowest BCUT2D eigenvalue weighted by Gasteiger charge is -2.16. The number of benzene rings is 1. The van der Waals surface area contributed by atoms with Gasteiger partial charge in [0.2, 0.25) is 6.41 Å². The van der Waals surface area contributed by atoms with E-state index in [0.29, 0.717) is 6.54 Å². The molecule has 88 valence electrons. The van der Waals surface area contributed by atoms with Crippen LogP contribution in [0.15, 0.2) is 24.3 Å². The maximum Gasteiger partial charge on any atom is 0.207 e. The van der Waals surface area contributed by atoms with Crippen LogP contribution in [0.25, 0.3) is 0 Å².